The summed E-state index contributed by atoms with van der Waals surface area (Å²) >= 11 is 7.72. The fraction of sp³-hybridized carbons (Fsp3) is 0.579. The highest BCUT2D eigenvalue weighted by molar-refractivity contribution is 7.99. The van der Waals surface area contributed by atoms with Crippen LogP contribution in [-0.2, 0) is 33.3 Å². The van der Waals surface area contributed by atoms with Crippen molar-refractivity contribution in [3.05, 3.63) is 11.5 Å². The lowest BCUT2D eigenvalue weighted by Crippen LogP contribution is -2.40. The average molecular weight is 487 g/mol. The largest absolute Gasteiger partial charge is 0.463 e. The molecule has 174 valence electrons. The lowest BCUT2D eigenvalue weighted by Gasteiger charge is -2.23. The molecule has 0 aliphatic carbocycles. The third-order valence-electron chi connectivity index (χ3n) is 4.31. The second-order valence-corrected chi connectivity index (χ2v) is 9.21. The Kier molecular flexibility index (Phi) is 7.57. The summed E-state index contributed by atoms with van der Waals surface area (Å²) in [7, 11) is 0. The average Bonchev–Trinajstić information content (AvgIpc) is 3.21. The van der Waals surface area contributed by atoms with E-state index in [2.05, 4.69) is 15.0 Å². The van der Waals surface area contributed by atoms with E-state index in [0.717, 1.165) is 0 Å². The van der Waals surface area contributed by atoms with Gasteiger partial charge in [0.05, 0.1) is 6.33 Å². The van der Waals surface area contributed by atoms with E-state index >= 15 is 0 Å². The van der Waals surface area contributed by atoms with Crippen molar-refractivity contribution in [2.75, 3.05) is 6.61 Å². The summed E-state index contributed by atoms with van der Waals surface area (Å²) in [5.74, 6) is -1.76. The zero-order valence-corrected chi connectivity index (χ0v) is 19.7. The Bertz CT molecular complexity index is 1030. The normalized spacial score (nSPS) is 22.8. The third-order valence-corrected chi connectivity index (χ3v) is 5.44. The molecule has 1 aliphatic rings. The third kappa shape index (κ3) is 5.48. The van der Waals surface area contributed by atoms with Crippen LogP contribution < -0.4 is 0 Å². The summed E-state index contributed by atoms with van der Waals surface area (Å²) in [5.41, 5.74) is 0.683. The lowest BCUT2D eigenvalue weighted by atomic mass is 10.1. The van der Waals surface area contributed by atoms with E-state index in [1.807, 2.05) is 13.8 Å². The fourth-order valence-corrected chi connectivity index (χ4v) is 4.20. The number of rotatable bonds is 7. The van der Waals surface area contributed by atoms with Crippen LogP contribution in [0.5, 0.6) is 0 Å². The topological polar surface area (TPSA) is 132 Å². The maximum absolute atomic E-state index is 11.8. The molecule has 0 N–H and O–H groups in total. The van der Waals surface area contributed by atoms with Gasteiger partial charge in [0.2, 0.25) is 0 Å². The van der Waals surface area contributed by atoms with E-state index in [-0.39, 0.29) is 17.0 Å². The molecule has 0 amide bonds. The van der Waals surface area contributed by atoms with E-state index in [0.29, 0.717) is 16.3 Å². The van der Waals surface area contributed by atoms with E-state index < -0.39 is 42.4 Å². The zero-order valence-electron chi connectivity index (χ0n) is 18.1. The van der Waals surface area contributed by atoms with Crippen LogP contribution in [0.3, 0.4) is 0 Å². The van der Waals surface area contributed by atoms with E-state index in [4.69, 9.17) is 30.5 Å². The van der Waals surface area contributed by atoms with Gasteiger partial charge in [0.1, 0.15) is 18.2 Å². The number of aromatic nitrogens is 4. The van der Waals surface area contributed by atoms with Crippen LogP contribution in [0, 0.1) is 0 Å². The molecule has 1 saturated heterocycles. The molecular weight excluding hydrogens is 464 g/mol. The number of ether oxygens (including phenoxy) is 4. The van der Waals surface area contributed by atoms with Crippen LogP contribution in [0.4, 0.5) is 0 Å². The first-order valence-corrected chi connectivity index (χ1v) is 11.0. The van der Waals surface area contributed by atoms with Gasteiger partial charge in [-0.1, -0.05) is 37.2 Å². The number of carbonyl (C=O) groups is 3. The highest BCUT2D eigenvalue weighted by Crippen LogP contribution is 2.37. The summed E-state index contributed by atoms with van der Waals surface area (Å²) in [6.45, 7) is 7.46. The molecule has 1 aliphatic heterocycles. The van der Waals surface area contributed by atoms with Crippen LogP contribution >= 0.6 is 23.4 Å². The number of carbonyl (C=O) groups excluding carboxylic acids is 3. The van der Waals surface area contributed by atoms with Crippen molar-refractivity contribution >= 4 is 52.4 Å². The van der Waals surface area contributed by atoms with Crippen molar-refractivity contribution in [2.45, 2.75) is 69.6 Å². The van der Waals surface area contributed by atoms with Gasteiger partial charge >= 0.3 is 17.9 Å². The van der Waals surface area contributed by atoms with Gasteiger partial charge in [0, 0.05) is 26.0 Å². The Morgan fingerprint density at radius 3 is 2.38 bits per heavy atom. The van der Waals surface area contributed by atoms with Crippen molar-refractivity contribution < 1.29 is 33.3 Å². The highest BCUT2D eigenvalue weighted by atomic mass is 35.5. The number of nitrogens with zero attached hydrogens (tertiary/aromatic N) is 4. The first-order chi connectivity index (χ1) is 15.1. The Morgan fingerprint density at radius 1 is 1.12 bits per heavy atom. The molecule has 0 aromatic carbocycles. The molecule has 11 nitrogen and oxygen atoms in total. The summed E-state index contributed by atoms with van der Waals surface area (Å²) in [4.78, 5) is 47.9. The summed E-state index contributed by atoms with van der Waals surface area (Å²) < 4.78 is 23.5. The van der Waals surface area contributed by atoms with Crippen LogP contribution in [-0.4, -0.2) is 67.6 Å². The molecule has 13 heteroatoms. The fourth-order valence-electron chi connectivity index (χ4n) is 3.23. The molecule has 3 heterocycles. The van der Waals surface area contributed by atoms with Crippen molar-refractivity contribution in [3.8, 4) is 0 Å². The van der Waals surface area contributed by atoms with E-state index in [1.54, 1.807) is 0 Å². The number of hydrogen-bond acceptors (Lipinski definition) is 11. The van der Waals surface area contributed by atoms with Gasteiger partial charge in [-0.25, -0.2) is 15.0 Å². The number of esters is 3. The molecule has 1 fully saturated rings. The molecule has 2 aromatic heterocycles. The van der Waals surface area contributed by atoms with Crippen LogP contribution in [0.2, 0.25) is 5.15 Å². The first-order valence-electron chi connectivity index (χ1n) is 9.76. The Hall–Kier alpha value is -2.44. The lowest BCUT2D eigenvalue weighted by molar-refractivity contribution is -0.166. The van der Waals surface area contributed by atoms with Crippen LogP contribution in [0.1, 0.15) is 40.8 Å². The number of fused-ring (bicyclic) bond motifs is 1. The van der Waals surface area contributed by atoms with E-state index in [1.165, 1.54) is 43.4 Å². The summed E-state index contributed by atoms with van der Waals surface area (Å²) in [6.07, 6.45) is -2.52. The standard InChI is InChI=1S/C19H23ClN4O7S/c1-8(2)32-19-22-16(20)13-17(23-19)24(7-21-13)18-15(30-11(5)27)14(29-10(4)26)12(31-18)6-28-9(3)25/h7-8,12,14-15,18H,6H2,1-5H3/t12-,14-,15-,18-/m1/s1. The molecule has 3 rings (SSSR count). The molecule has 0 radical (unpaired) electrons. The highest BCUT2D eigenvalue weighted by Gasteiger charge is 2.51. The first kappa shape index (κ1) is 24.2. The minimum atomic E-state index is -1.05. The zero-order chi connectivity index (χ0) is 23.6. The van der Waals surface area contributed by atoms with Gasteiger partial charge in [-0.15, -0.1) is 0 Å². The number of thioether (sulfide) groups is 1. The molecule has 0 saturated carbocycles. The SMILES string of the molecule is CC(=O)OC[C@H]1O[C@@H](n2cnc3c(Cl)nc(SC(C)C)nc32)[C@H](OC(C)=O)[C@@H]1OC(C)=O. The quantitative estimate of drug-likeness (QED) is 0.188. The summed E-state index contributed by atoms with van der Waals surface area (Å²) in [6, 6.07) is 0. The molecule has 0 spiro atoms. The molecule has 0 bridgehead atoms. The minimum absolute atomic E-state index is 0.159. The maximum atomic E-state index is 11.8. The monoisotopic (exact) mass is 486 g/mol. The second kappa shape index (κ2) is 10.0. The van der Waals surface area contributed by atoms with Crippen molar-refractivity contribution in [3.63, 3.8) is 0 Å². The Morgan fingerprint density at radius 2 is 1.78 bits per heavy atom. The molecular formula is C19H23ClN4O7S. The predicted octanol–water partition coefficient (Wildman–Crippen LogP) is 2.30. The van der Waals surface area contributed by atoms with Crippen molar-refractivity contribution in [2.24, 2.45) is 0 Å². The van der Waals surface area contributed by atoms with Crippen molar-refractivity contribution in [1.82, 2.24) is 19.5 Å². The number of halogens is 1. The Balaban J connectivity index is 2.05. The van der Waals surface area contributed by atoms with Gasteiger partial charge in [-0.2, -0.15) is 0 Å². The van der Waals surface area contributed by atoms with Gasteiger partial charge in [0.25, 0.3) is 0 Å². The number of hydrogen-bond donors (Lipinski definition) is 0. The number of imidazole rings is 1. The predicted molar refractivity (Wildman–Crippen MR) is 113 cm³/mol. The van der Waals surface area contributed by atoms with Gasteiger partial charge < -0.3 is 18.9 Å². The smallest absolute Gasteiger partial charge is 0.303 e. The minimum Gasteiger partial charge on any atom is -0.463 e. The van der Waals surface area contributed by atoms with Crippen LogP contribution in [0.15, 0.2) is 11.5 Å². The van der Waals surface area contributed by atoms with E-state index in [9.17, 15) is 14.4 Å². The Labute approximate surface area is 193 Å². The molecule has 2 aromatic rings. The maximum Gasteiger partial charge on any atom is 0.303 e. The molecule has 0 unspecified atom stereocenters. The molecule has 32 heavy (non-hydrogen) atoms. The molecule has 4 atom stereocenters. The second-order valence-electron chi connectivity index (χ2n) is 7.30. The van der Waals surface area contributed by atoms with Crippen LogP contribution in [0.25, 0.3) is 11.2 Å². The van der Waals surface area contributed by atoms with Gasteiger partial charge in [0.15, 0.2) is 34.4 Å². The summed E-state index contributed by atoms with van der Waals surface area (Å²) in [5, 5.41) is 0.805. The van der Waals surface area contributed by atoms with Gasteiger partial charge in [-0.3, -0.25) is 19.0 Å². The van der Waals surface area contributed by atoms with Gasteiger partial charge in [-0.05, 0) is 0 Å². The van der Waals surface area contributed by atoms with Crippen molar-refractivity contribution in [1.29, 1.82) is 0 Å².